The van der Waals surface area contributed by atoms with E-state index in [9.17, 15) is 0 Å². The molecule has 6 atom stereocenters. The van der Waals surface area contributed by atoms with E-state index in [1.54, 1.807) is 0 Å². The van der Waals surface area contributed by atoms with Crippen LogP contribution in [0.2, 0.25) is 0 Å². The molecule has 0 aromatic rings. The van der Waals surface area contributed by atoms with E-state index < -0.39 is 0 Å². The summed E-state index contributed by atoms with van der Waals surface area (Å²) in [6.45, 7) is 7.06. The maximum atomic E-state index is 6.25. The molecule has 76 valence electrons. The van der Waals surface area contributed by atoms with Crippen LogP contribution in [-0.4, -0.2) is 6.04 Å². The first-order valence-corrected chi connectivity index (χ1v) is 5.96. The van der Waals surface area contributed by atoms with E-state index in [4.69, 9.17) is 5.73 Å². The van der Waals surface area contributed by atoms with E-state index in [-0.39, 0.29) is 0 Å². The van der Waals surface area contributed by atoms with Gasteiger partial charge in [-0.15, -0.1) is 0 Å². The van der Waals surface area contributed by atoms with Gasteiger partial charge < -0.3 is 5.73 Å². The Morgan fingerprint density at radius 2 is 1.62 bits per heavy atom. The maximum absolute atomic E-state index is 6.25. The Bertz CT molecular complexity index is 166. The Labute approximate surface area is 82.1 Å². The van der Waals surface area contributed by atoms with E-state index >= 15 is 0 Å². The Kier molecular flexibility index (Phi) is 2.39. The van der Waals surface area contributed by atoms with Crippen molar-refractivity contribution in [1.29, 1.82) is 0 Å². The van der Waals surface area contributed by atoms with E-state index in [1.807, 2.05) is 0 Å². The van der Waals surface area contributed by atoms with Crippen molar-refractivity contribution in [2.24, 2.45) is 35.3 Å². The molecule has 0 amide bonds. The van der Waals surface area contributed by atoms with Crippen LogP contribution >= 0.6 is 0 Å². The molecule has 2 saturated carbocycles. The Balaban J connectivity index is 2.17. The quantitative estimate of drug-likeness (QED) is 0.696. The standard InChI is InChI=1S/C12H23N/c1-4-8-9(5-2)11-6-10(8)7(3)12(11)13/h7-12H,4-6,13H2,1-3H3. The summed E-state index contributed by atoms with van der Waals surface area (Å²) in [4.78, 5) is 0. The smallest absolute Gasteiger partial charge is 0.00986 e. The molecule has 0 saturated heterocycles. The number of fused-ring (bicyclic) bond motifs is 2. The first kappa shape index (κ1) is 9.51. The third-order valence-corrected chi connectivity index (χ3v) is 4.91. The molecule has 1 nitrogen and oxygen atoms in total. The second kappa shape index (κ2) is 3.27. The zero-order chi connectivity index (χ0) is 9.59. The molecule has 0 aromatic carbocycles. The van der Waals surface area contributed by atoms with Crippen LogP contribution in [0.25, 0.3) is 0 Å². The van der Waals surface area contributed by atoms with Crippen molar-refractivity contribution in [2.75, 3.05) is 0 Å². The van der Waals surface area contributed by atoms with Crippen LogP contribution in [0.1, 0.15) is 40.0 Å². The van der Waals surface area contributed by atoms with E-state index in [2.05, 4.69) is 20.8 Å². The van der Waals surface area contributed by atoms with Gasteiger partial charge in [0.1, 0.15) is 0 Å². The molecule has 13 heavy (non-hydrogen) atoms. The largest absolute Gasteiger partial charge is 0.327 e. The molecule has 2 fully saturated rings. The maximum Gasteiger partial charge on any atom is 0.00986 e. The molecule has 2 bridgehead atoms. The van der Waals surface area contributed by atoms with Gasteiger partial charge in [0.2, 0.25) is 0 Å². The van der Waals surface area contributed by atoms with Gasteiger partial charge in [-0.2, -0.15) is 0 Å². The first-order chi connectivity index (χ1) is 6.20. The van der Waals surface area contributed by atoms with Crippen LogP contribution in [0.5, 0.6) is 0 Å². The van der Waals surface area contributed by atoms with Crippen LogP contribution in [-0.2, 0) is 0 Å². The van der Waals surface area contributed by atoms with Crippen LogP contribution in [0.4, 0.5) is 0 Å². The van der Waals surface area contributed by atoms with Crippen molar-refractivity contribution in [3.05, 3.63) is 0 Å². The third-order valence-electron chi connectivity index (χ3n) is 4.91. The summed E-state index contributed by atoms with van der Waals surface area (Å²) in [6, 6.07) is 0.512. The van der Waals surface area contributed by atoms with Crippen LogP contribution in [0.3, 0.4) is 0 Å². The lowest BCUT2D eigenvalue weighted by atomic mass is 9.70. The molecular formula is C12H23N. The minimum Gasteiger partial charge on any atom is -0.327 e. The molecule has 0 aliphatic heterocycles. The third kappa shape index (κ3) is 1.16. The molecular weight excluding hydrogens is 158 g/mol. The highest BCUT2D eigenvalue weighted by Gasteiger charge is 2.53. The minimum absolute atomic E-state index is 0.512. The average Bonchev–Trinajstić information content (AvgIpc) is 2.63. The number of rotatable bonds is 2. The molecule has 0 radical (unpaired) electrons. The number of hydrogen-bond donors (Lipinski definition) is 1. The van der Waals surface area contributed by atoms with Crippen molar-refractivity contribution < 1.29 is 0 Å². The molecule has 1 heteroatoms. The van der Waals surface area contributed by atoms with Crippen LogP contribution < -0.4 is 5.73 Å². The van der Waals surface area contributed by atoms with Gasteiger partial charge in [-0.3, -0.25) is 0 Å². The Hall–Kier alpha value is -0.0400. The van der Waals surface area contributed by atoms with Crippen molar-refractivity contribution in [1.82, 2.24) is 0 Å². The molecule has 0 spiro atoms. The van der Waals surface area contributed by atoms with Gasteiger partial charge in [-0.05, 0) is 36.0 Å². The molecule has 0 heterocycles. The van der Waals surface area contributed by atoms with Gasteiger partial charge in [0, 0.05) is 6.04 Å². The van der Waals surface area contributed by atoms with Gasteiger partial charge in [0.05, 0.1) is 0 Å². The fourth-order valence-electron chi connectivity index (χ4n) is 4.23. The van der Waals surface area contributed by atoms with Gasteiger partial charge in [0.25, 0.3) is 0 Å². The zero-order valence-corrected chi connectivity index (χ0v) is 9.16. The highest BCUT2D eigenvalue weighted by atomic mass is 14.8. The SMILES string of the molecule is CCC1C2CC(C(N)C2C)C1CC. The molecule has 6 unspecified atom stereocenters. The molecule has 2 N–H and O–H groups in total. The molecule has 2 aliphatic rings. The second-order valence-corrected chi connectivity index (χ2v) is 5.14. The van der Waals surface area contributed by atoms with Crippen molar-refractivity contribution in [3.8, 4) is 0 Å². The zero-order valence-electron chi connectivity index (χ0n) is 9.16. The number of hydrogen-bond acceptors (Lipinski definition) is 1. The summed E-state index contributed by atoms with van der Waals surface area (Å²) in [5, 5.41) is 0. The summed E-state index contributed by atoms with van der Waals surface area (Å²) in [7, 11) is 0. The van der Waals surface area contributed by atoms with E-state index in [1.165, 1.54) is 19.3 Å². The fourth-order valence-corrected chi connectivity index (χ4v) is 4.23. The lowest BCUT2D eigenvalue weighted by Crippen LogP contribution is -2.42. The topological polar surface area (TPSA) is 26.0 Å². The highest BCUT2D eigenvalue weighted by Crippen LogP contribution is 2.56. The first-order valence-electron chi connectivity index (χ1n) is 5.96. The summed E-state index contributed by atoms with van der Waals surface area (Å²) in [5.41, 5.74) is 6.25. The van der Waals surface area contributed by atoms with Crippen molar-refractivity contribution in [3.63, 3.8) is 0 Å². The fraction of sp³-hybridized carbons (Fsp3) is 1.00. The van der Waals surface area contributed by atoms with E-state index in [0.717, 1.165) is 29.6 Å². The average molecular weight is 181 g/mol. The van der Waals surface area contributed by atoms with Crippen molar-refractivity contribution in [2.45, 2.75) is 46.1 Å². The predicted molar refractivity (Wildman–Crippen MR) is 56.3 cm³/mol. The summed E-state index contributed by atoms with van der Waals surface area (Å²) in [5.74, 6) is 4.54. The predicted octanol–water partition coefficient (Wildman–Crippen LogP) is 2.65. The summed E-state index contributed by atoms with van der Waals surface area (Å²) >= 11 is 0. The summed E-state index contributed by atoms with van der Waals surface area (Å²) < 4.78 is 0. The van der Waals surface area contributed by atoms with Gasteiger partial charge in [-0.25, -0.2) is 0 Å². The monoisotopic (exact) mass is 181 g/mol. The lowest BCUT2D eigenvalue weighted by Gasteiger charge is -2.37. The molecule has 2 aliphatic carbocycles. The Morgan fingerprint density at radius 1 is 1.08 bits per heavy atom. The van der Waals surface area contributed by atoms with Gasteiger partial charge >= 0.3 is 0 Å². The van der Waals surface area contributed by atoms with Gasteiger partial charge in [0.15, 0.2) is 0 Å². The van der Waals surface area contributed by atoms with Crippen molar-refractivity contribution >= 4 is 0 Å². The normalized spacial score (nSPS) is 54.5. The van der Waals surface area contributed by atoms with E-state index in [0.29, 0.717) is 6.04 Å². The van der Waals surface area contributed by atoms with Crippen LogP contribution in [0.15, 0.2) is 0 Å². The second-order valence-electron chi connectivity index (χ2n) is 5.14. The molecule has 0 aromatic heterocycles. The molecule has 2 rings (SSSR count). The van der Waals surface area contributed by atoms with Gasteiger partial charge in [-0.1, -0.05) is 33.6 Å². The summed E-state index contributed by atoms with van der Waals surface area (Å²) in [6.07, 6.45) is 4.15. The highest BCUT2D eigenvalue weighted by molar-refractivity contribution is 5.04. The number of nitrogens with two attached hydrogens (primary N) is 1. The lowest BCUT2D eigenvalue weighted by molar-refractivity contribution is 0.140. The van der Waals surface area contributed by atoms with Crippen LogP contribution in [0, 0.1) is 29.6 Å². The Morgan fingerprint density at radius 3 is 2.15 bits per heavy atom. The minimum atomic E-state index is 0.512.